The van der Waals surface area contributed by atoms with Crippen LogP contribution in [0.15, 0.2) is 36.4 Å². The van der Waals surface area contributed by atoms with Gasteiger partial charge in [0.05, 0.1) is 32.9 Å². The number of hydrogen-bond donors (Lipinski definition) is 1. The molecular weight excluding hydrogens is 330 g/mol. The number of ether oxygens (including phenoxy) is 3. The Morgan fingerprint density at radius 1 is 0.962 bits per heavy atom. The average molecular weight is 355 g/mol. The lowest BCUT2D eigenvalue weighted by Gasteiger charge is -2.20. The van der Waals surface area contributed by atoms with Gasteiger partial charge in [-0.05, 0) is 31.2 Å². The van der Waals surface area contributed by atoms with Gasteiger partial charge in [0.25, 0.3) is 5.91 Å². The molecular formula is C21H25NO4. The summed E-state index contributed by atoms with van der Waals surface area (Å²) in [4.78, 5) is 13.0. The van der Waals surface area contributed by atoms with Crippen molar-refractivity contribution in [1.82, 2.24) is 5.32 Å². The number of carbonyl (C=O) groups is 1. The molecule has 5 nitrogen and oxygen atoms in total. The summed E-state index contributed by atoms with van der Waals surface area (Å²) in [6.07, 6.45) is 2.25. The molecule has 2 aromatic carbocycles. The van der Waals surface area contributed by atoms with E-state index in [0.29, 0.717) is 28.7 Å². The smallest absolute Gasteiger partial charge is 0.255 e. The van der Waals surface area contributed by atoms with Crippen LogP contribution in [0.25, 0.3) is 0 Å². The minimum atomic E-state index is -0.180. The zero-order valence-electron chi connectivity index (χ0n) is 15.7. The SMILES string of the molecule is COc1cc(OC)c(C(=O)NC(c2ccc(C)cc2)C2CC2)cc1OC. The van der Waals surface area contributed by atoms with E-state index < -0.39 is 0 Å². The first-order chi connectivity index (χ1) is 12.6. The molecule has 1 atom stereocenters. The third kappa shape index (κ3) is 3.77. The van der Waals surface area contributed by atoms with Gasteiger partial charge in [-0.1, -0.05) is 29.8 Å². The first-order valence-electron chi connectivity index (χ1n) is 8.74. The van der Waals surface area contributed by atoms with Gasteiger partial charge in [0.15, 0.2) is 11.5 Å². The monoisotopic (exact) mass is 355 g/mol. The highest BCUT2D eigenvalue weighted by atomic mass is 16.5. The Morgan fingerprint density at radius 3 is 2.08 bits per heavy atom. The maximum Gasteiger partial charge on any atom is 0.255 e. The van der Waals surface area contributed by atoms with Crippen LogP contribution in [-0.4, -0.2) is 27.2 Å². The predicted molar refractivity (Wildman–Crippen MR) is 100 cm³/mol. The molecule has 0 radical (unpaired) electrons. The number of nitrogens with one attached hydrogen (secondary N) is 1. The van der Waals surface area contributed by atoms with Crippen molar-refractivity contribution in [3.05, 3.63) is 53.1 Å². The second-order valence-corrected chi connectivity index (χ2v) is 6.61. The van der Waals surface area contributed by atoms with Gasteiger partial charge in [0.2, 0.25) is 0 Å². The zero-order chi connectivity index (χ0) is 18.7. The minimum absolute atomic E-state index is 0.000836. The molecule has 0 saturated heterocycles. The Kier molecular flexibility index (Phi) is 5.35. The Bertz CT molecular complexity index is 781. The van der Waals surface area contributed by atoms with Gasteiger partial charge in [-0.25, -0.2) is 0 Å². The summed E-state index contributed by atoms with van der Waals surface area (Å²) in [5, 5.41) is 3.18. The molecule has 0 aliphatic heterocycles. The molecule has 1 N–H and O–H groups in total. The van der Waals surface area contributed by atoms with Gasteiger partial charge < -0.3 is 19.5 Å². The topological polar surface area (TPSA) is 56.8 Å². The van der Waals surface area contributed by atoms with Crippen LogP contribution < -0.4 is 19.5 Å². The first kappa shape index (κ1) is 18.1. The van der Waals surface area contributed by atoms with E-state index in [1.807, 2.05) is 0 Å². The molecule has 0 heterocycles. The number of amides is 1. The largest absolute Gasteiger partial charge is 0.496 e. The number of carbonyl (C=O) groups excluding carboxylic acids is 1. The van der Waals surface area contributed by atoms with E-state index in [0.717, 1.165) is 18.4 Å². The quantitative estimate of drug-likeness (QED) is 0.818. The average Bonchev–Trinajstić information content (AvgIpc) is 3.50. The molecule has 1 amide bonds. The molecule has 1 fully saturated rings. The fourth-order valence-electron chi connectivity index (χ4n) is 3.10. The van der Waals surface area contributed by atoms with Crippen LogP contribution in [0, 0.1) is 12.8 Å². The fourth-order valence-corrected chi connectivity index (χ4v) is 3.10. The van der Waals surface area contributed by atoms with E-state index in [9.17, 15) is 4.79 Å². The lowest BCUT2D eigenvalue weighted by Crippen LogP contribution is -2.30. The fraction of sp³-hybridized carbons (Fsp3) is 0.381. The van der Waals surface area contributed by atoms with Crippen molar-refractivity contribution in [2.75, 3.05) is 21.3 Å². The summed E-state index contributed by atoms with van der Waals surface area (Å²) in [6, 6.07) is 11.7. The second kappa shape index (κ2) is 7.68. The van der Waals surface area contributed by atoms with Crippen molar-refractivity contribution in [3.8, 4) is 17.2 Å². The summed E-state index contributed by atoms with van der Waals surface area (Å²) in [5.41, 5.74) is 2.77. The molecule has 5 heteroatoms. The molecule has 1 saturated carbocycles. The van der Waals surface area contributed by atoms with Crippen molar-refractivity contribution in [2.45, 2.75) is 25.8 Å². The van der Waals surface area contributed by atoms with Gasteiger partial charge in [-0.3, -0.25) is 4.79 Å². The van der Waals surface area contributed by atoms with Crippen molar-refractivity contribution < 1.29 is 19.0 Å². The Balaban J connectivity index is 1.89. The number of methoxy groups -OCH3 is 3. The molecule has 1 aliphatic rings. The highest BCUT2D eigenvalue weighted by molar-refractivity contribution is 5.98. The summed E-state index contributed by atoms with van der Waals surface area (Å²) < 4.78 is 16.0. The zero-order valence-corrected chi connectivity index (χ0v) is 15.7. The number of aryl methyl sites for hydroxylation is 1. The van der Waals surface area contributed by atoms with Crippen molar-refractivity contribution in [1.29, 1.82) is 0 Å². The molecule has 138 valence electrons. The third-order valence-corrected chi connectivity index (χ3v) is 4.77. The summed E-state index contributed by atoms with van der Waals surface area (Å²) >= 11 is 0. The summed E-state index contributed by atoms with van der Waals surface area (Å²) in [6.45, 7) is 2.06. The first-order valence-corrected chi connectivity index (χ1v) is 8.74. The molecule has 0 aromatic heterocycles. The summed E-state index contributed by atoms with van der Waals surface area (Å²) in [5.74, 6) is 1.78. The number of hydrogen-bond acceptors (Lipinski definition) is 4. The molecule has 26 heavy (non-hydrogen) atoms. The van der Waals surface area contributed by atoms with Crippen LogP contribution in [0.2, 0.25) is 0 Å². The molecule has 1 unspecified atom stereocenters. The second-order valence-electron chi connectivity index (χ2n) is 6.61. The molecule has 2 aromatic rings. The summed E-state index contributed by atoms with van der Waals surface area (Å²) in [7, 11) is 4.64. The van der Waals surface area contributed by atoms with Crippen LogP contribution in [0.3, 0.4) is 0 Å². The van der Waals surface area contributed by atoms with Gasteiger partial charge in [-0.2, -0.15) is 0 Å². The Hall–Kier alpha value is -2.69. The third-order valence-electron chi connectivity index (χ3n) is 4.77. The highest BCUT2D eigenvalue weighted by Crippen LogP contribution is 2.42. The predicted octanol–water partition coefficient (Wildman–Crippen LogP) is 3.90. The van der Waals surface area contributed by atoms with Gasteiger partial charge >= 0.3 is 0 Å². The molecule has 0 bridgehead atoms. The van der Waals surface area contributed by atoms with Gasteiger partial charge in [-0.15, -0.1) is 0 Å². The molecule has 3 rings (SSSR count). The molecule has 0 spiro atoms. The van der Waals surface area contributed by atoms with E-state index in [1.165, 1.54) is 12.7 Å². The number of rotatable bonds is 7. The Morgan fingerprint density at radius 2 is 1.54 bits per heavy atom. The highest BCUT2D eigenvalue weighted by Gasteiger charge is 2.34. The van der Waals surface area contributed by atoms with E-state index >= 15 is 0 Å². The van der Waals surface area contributed by atoms with Crippen molar-refractivity contribution in [3.63, 3.8) is 0 Å². The maximum absolute atomic E-state index is 13.0. The van der Waals surface area contributed by atoms with Crippen LogP contribution in [0.5, 0.6) is 17.2 Å². The van der Waals surface area contributed by atoms with Crippen LogP contribution in [-0.2, 0) is 0 Å². The van der Waals surface area contributed by atoms with Crippen LogP contribution in [0.1, 0.15) is 40.4 Å². The van der Waals surface area contributed by atoms with Crippen molar-refractivity contribution >= 4 is 5.91 Å². The normalized spacial score (nSPS) is 14.5. The lowest BCUT2D eigenvalue weighted by atomic mass is 10.0. The van der Waals surface area contributed by atoms with E-state index in [2.05, 4.69) is 36.5 Å². The Labute approximate surface area is 154 Å². The van der Waals surface area contributed by atoms with Crippen LogP contribution >= 0.6 is 0 Å². The van der Waals surface area contributed by atoms with Gasteiger partial charge in [0, 0.05) is 12.1 Å². The molecule has 1 aliphatic carbocycles. The lowest BCUT2D eigenvalue weighted by molar-refractivity contribution is 0.0928. The number of benzene rings is 2. The van der Waals surface area contributed by atoms with E-state index in [1.54, 1.807) is 26.4 Å². The van der Waals surface area contributed by atoms with Crippen molar-refractivity contribution in [2.24, 2.45) is 5.92 Å². The standard InChI is InChI=1S/C21H25NO4/c1-13-5-7-14(8-6-13)20(15-9-10-15)22-21(23)16-11-18(25-3)19(26-4)12-17(16)24-2/h5-8,11-12,15,20H,9-10H2,1-4H3,(H,22,23). The maximum atomic E-state index is 13.0. The minimum Gasteiger partial charge on any atom is -0.496 e. The van der Waals surface area contributed by atoms with E-state index in [4.69, 9.17) is 14.2 Å². The van der Waals surface area contributed by atoms with Crippen LogP contribution in [0.4, 0.5) is 0 Å². The van der Waals surface area contributed by atoms with Gasteiger partial charge in [0.1, 0.15) is 5.75 Å². The van der Waals surface area contributed by atoms with E-state index in [-0.39, 0.29) is 11.9 Å².